The first kappa shape index (κ1) is 14.5. The Morgan fingerprint density at radius 3 is 2.24 bits per heavy atom. The van der Waals surface area contributed by atoms with Crippen LogP contribution in [0.2, 0.25) is 0 Å². The number of carbonyl (C=O) groups excluding carboxylic acids is 3. The molecule has 0 unspecified atom stereocenters. The van der Waals surface area contributed by atoms with E-state index in [2.05, 4.69) is 0 Å². The standard InChI is InChI=1S/C20H14FNO3/c21-13-7-3-4-8-14(13)22-19(24)17-12-9-15(23)16(18(17)20(22)25)11-6-2-1-5-10(11)12/h1-8,12,16-18H,9H2/t12-,16+,17+,18+/m0/s1. The molecule has 0 radical (unpaired) electrons. The molecule has 6 rings (SSSR count). The van der Waals surface area contributed by atoms with Gasteiger partial charge in [-0.2, -0.15) is 0 Å². The highest BCUT2D eigenvalue weighted by Crippen LogP contribution is 2.57. The minimum absolute atomic E-state index is 0.00137. The highest BCUT2D eigenvalue weighted by Gasteiger charge is 2.62. The largest absolute Gasteiger partial charge is 0.299 e. The molecule has 1 aliphatic heterocycles. The number of anilines is 1. The Balaban J connectivity index is 1.68. The number of para-hydroxylation sites is 1. The molecular formula is C20H14FNO3. The zero-order valence-electron chi connectivity index (χ0n) is 13.2. The van der Waals surface area contributed by atoms with Gasteiger partial charge in [0.1, 0.15) is 11.6 Å². The second-order valence-corrected chi connectivity index (χ2v) is 6.90. The van der Waals surface area contributed by atoms with Crippen LogP contribution >= 0.6 is 0 Å². The summed E-state index contributed by atoms with van der Waals surface area (Å²) >= 11 is 0. The number of Topliss-reactive ketones (excluding diaryl/α,β-unsaturated/α-hetero) is 1. The number of ketones is 1. The maximum Gasteiger partial charge on any atom is 0.238 e. The molecule has 2 amide bonds. The number of rotatable bonds is 1. The molecule has 2 aromatic rings. The molecule has 4 nitrogen and oxygen atoms in total. The summed E-state index contributed by atoms with van der Waals surface area (Å²) in [5, 5.41) is 0. The second-order valence-electron chi connectivity index (χ2n) is 6.90. The van der Waals surface area contributed by atoms with Crippen LogP contribution in [-0.2, 0) is 14.4 Å². The molecule has 25 heavy (non-hydrogen) atoms. The Kier molecular flexibility index (Phi) is 2.82. The van der Waals surface area contributed by atoms with Crippen molar-refractivity contribution in [3.63, 3.8) is 0 Å². The summed E-state index contributed by atoms with van der Waals surface area (Å²) < 4.78 is 14.2. The van der Waals surface area contributed by atoms with Crippen LogP contribution in [0.3, 0.4) is 0 Å². The summed E-state index contributed by atoms with van der Waals surface area (Å²) in [4.78, 5) is 39.6. The number of benzene rings is 2. The lowest BCUT2D eigenvalue weighted by molar-refractivity contribution is -0.134. The van der Waals surface area contributed by atoms with Gasteiger partial charge in [-0.1, -0.05) is 36.4 Å². The molecule has 4 atom stereocenters. The molecule has 3 aliphatic carbocycles. The molecule has 2 aromatic carbocycles. The van der Waals surface area contributed by atoms with Gasteiger partial charge < -0.3 is 0 Å². The molecule has 0 aromatic heterocycles. The van der Waals surface area contributed by atoms with Gasteiger partial charge >= 0.3 is 0 Å². The SMILES string of the molecule is O=C1C[C@H]2c3ccccc3[C@H]1[C@H]1C(=O)N(c3ccccc3F)C(=O)[C@@H]12. The van der Waals surface area contributed by atoms with Gasteiger partial charge in [-0.15, -0.1) is 0 Å². The van der Waals surface area contributed by atoms with E-state index in [9.17, 15) is 18.8 Å². The number of carbonyl (C=O) groups is 3. The van der Waals surface area contributed by atoms with Crippen LogP contribution in [-0.4, -0.2) is 17.6 Å². The number of amides is 2. The van der Waals surface area contributed by atoms with E-state index in [1.54, 1.807) is 6.07 Å². The van der Waals surface area contributed by atoms with Crippen molar-refractivity contribution in [2.24, 2.45) is 11.8 Å². The normalized spacial score (nSPS) is 29.8. The first-order valence-electron chi connectivity index (χ1n) is 8.33. The Labute approximate surface area is 143 Å². The molecule has 2 fully saturated rings. The lowest BCUT2D eigenvalue weighted by atomic mass is 9.56. The summed E-state index contributed by atoms with van der Waals surface area (Å²) in [6.45, 7) is 0. The third-order valence-corrected chi connectivity index (χ3v) is 5.78. The number of fused-ring (bicyclic) bond motifs is 1. The molecule has 0 N–H and O–H groups in total. The van der Waals surface area contributed by atoms with Crippen molar-refractivity contribution in [3.8, 4) is 0 Å². The number of halogens is 1. The fourth-order valence-electron chi connectivity index (χ4n) is 4.83. The minimum atomic E-state index is -0.715. The highest BCUT2D eigenvalue weighted by molar-refractivity contribution is 6.24. The Hall–Kier alpha value is -2.82. The van der Waals surface area contributed by atoms with Gasteiger partial charge in [0.25, 0.3) is 0 Å². The Bertz CT molecular complexity index is 953. The lowest BCUT2D eigenvalue weighted by Gasteiger charge is -2.43. The van der Waals surface area contributed by atoms with Gasteiger partial charge in [0.2, 0.25) is 11.8 Å². The predicted octanol–water partition coefficient (Wildman–Crippen LogP) is 2.79. The summed E-state index contributed by atoms with van der Waals surface area (Å²) in [6, 6.07) is 13.3. The molecule has 124 valence electrons. The Morgan fingerprint density at radius 1 is 0.840 bits per heavy atom. The minimum Gasteiger partial charge on any atom is -0.299 e. The third kappa shape index (κ3) is 1.73. The van der Waals surface area contributed by atoms with Gasteiger partial charge in [0.15, 0.2) is 0 Å². The van der Waals surface area contributed by atoms with Crippen molar-refractivity contribution in [3.05, 3.63) is 65.5 Å². The fourth-order valence-corrected chi connectivity index (χ4v) is 4.83. The van der Waals surface area contributed by atoms with E-state index in [4.69, 9.17) is 0 Å². The highest BCUT2D eigenvalue weighted by atomic mass is 19.1. The predicted molar refractivity (Wildman–Crippen MR) is 87.4 cm³/mol. The van der Waals surface area contributed by atoms with Crippen LogP contribution in [0.25, 0.3) is 0 Å². The van der Waals surface area contributed by atoms with Gasteiger partial charge in [-0.3, -0.25) is 14.4 Å². The number of imide groups is 1. The van der Waals surface area contributed by atoms with Crippen molar-refractivity contribution in [1.82, 2.24) is 0 Å². The van der Waals surface area contributed by atoms with E-state index < -0.39 is 35.4 Å². The molecule has 1 saturated heterocycles. The number of hydrogen-bond donors (Lipinski definition) is 0. The van der Waals surface area contributed by atoms with E-state index in [1.807, 2.05) is 24.3 Å². The smallest absolute Gasteiger partial charge is 0.238 e. The zero-order chi connectivity index (χ0) is 17.3. The van der Waals surface area contributed by atoms with E-state index in [0.29, 0.717) is 0 Å². The summed E-state index contributed by atoms with van der Waals surface area (Å²) in [5.74, 6) is -3.65. The van der Waals surface area contributed by atoms with E-state index in [-0.39, 0.29) is 23.8 Å². The van der Waals surface area contributed by atoms with E-state index in [1.165, 1.54) is 18.2 Å². The maximum absolute atomic E-state index is 14.2. The van der Waals surface area contributed by atoms with Gasteiger partial charge in [0, 0.05) is 12.3 Å². The number of nitrogens with zero attached hydrogens (tertiary/aromatic N) is 1. The summed E-state index contributed by atoms with van der Waals surface area (Å²) in [5.41, 5.74) is 1.80. The summed E-state index contributed by atoms with van der Waals surface area (Å²) in [6.07, 6.45) is 0.271. The third-order valence-electron chi connectivity index (χ3n) is 5.78. The molecular weight excluding hydrogens is 321 g/mol. The lowest BCUT2D eigenvalue weighted by Crippen LogP contribution is -2.44. The van der Waals surface area contributed by atoms with Gasteiger partial charge in [-0.05, 0) is 23.3 Å². The van der Waals surface area contributed by atoms with Crippen molar-refractivity contribution >= 4 is 23.3 Å². The van der Waals surface area contributed by atoms with E-state index >= 15 is 0 Å². The maximum atomic E-state index is 14.2. The zero-order valence-corrected chi connectivity index (χ0v) is 13.2. The topological polar surface area (TPSA) is 54.5 Å². The number of hydrogen-bond acceptors (Lipinski definition) is 3. The summed E-state index contributed by atoms with van der Waals surface area (Å²) in [7, 11) is 0. The van der Waals surface area contributed by atoms with Crippen LogP contribution < -0.4 is 4.90 Å². The van der Waals surface area contributed by atoms with Crippen molar-refractivity contribution < 1.29 is 18.8 Å². The van der Waals surface area contributed by atoms with Gasteiger partial charge in [-0.25, -0.2) is 9.29 Å². The molecule has 2 bridgehead atoms. The fraction of sp³-hybridized carbons (Fsp3) is 0.250. The van der Waals surface area contributed by atoms with Crippen molar-refractivity contribution in [2.45, 2.75) is 18.3 Å². The van der Waals surface area contributed by atoms with Crippen LogP contribution in [0.5, 0.6) is 0 Å². The van der Waals surface area contributed by atoms with E-state index in [0.717, 1.165) is 16.0 Å². The molecule has 1 heterocycles. The van der Waals surface area contributed by atoms with Crippen molar-refractivity contribution in [2.75, 3.05) is 4.90 Å². The first-order chi connectivity index (χ1) is 12.1. The van der Waals surface area contributed by atoms with Crippen LogP contribution in [0.15, 0.2) is 48.5 Å². The second kappa shape index (κ2) is 4.85. The Morgan fingerprint density at radius 2 is 1.48 bits per heavy atom. The van der Waals surface area contributed by atoms with Crippen LogP contribution in [0, 0.1) is 17.7 Å². The molecule has 0 spiro atoms. The first-order valence-corrected chi connectivity index (χ1v) is 8.33. The molecule has 5 heteroatoms. The quantitative estimate of drug-likeness (QED) is 0.753. The van der Waals surface area contributed by atoms with Gasteiger partial charge in [0.05, 0.1) is 23.4 Å². The van der Waals surface area contributed by atoms with Crippen LogP contribution in [0.4, 0.5) is 10.1 Å². The monoisotopic (exact) mass is 335 g/mol. The molecule has 4 aliphatic rings. The van der Waals surface area contributed by atoms with Crippen LogP contribution in [0.1, 0.15) is 29.4 Å². The average Bonchev–Trinajstić information content (AvgIpc) is 2.88. The van der Waals surface area contributed by atoms with Crippen molar-refractivity contribution in [1.29, 1.82) is 0 Å². The molecule has 1 saturated carbocycles. The average molecular weight is 335 g/mol.